The van der Waals surface area contributed by atoms with Gasteiger partial charge in [0.25, 0.3) is 0 Å². The minimum Gasteiger partial charge on any atom is -0.354 e. The molecule has 0 aromatic carbocycles. The van der Waals surface area contributed by atoms with E-state index in [4.69, 9.17) is 11.5 Å². The maximum Gasteiger partial charge on any atom is 0.312 e. The summed E-state index contributed by atoms with van der Waals surface area (Å²) in [5.41, 5.74) is 10.3. The lowest BCUT2D eigenvalue weighted by atomic mass is 9.95. The summed E-state index contributed by atoms with van der Waals surface area (Å²) in [6.45, 7) is 4.91. The number of hydrogen-bond acceptors (Lipinski definition) is 3. The molecule has 0 heterocycles. The zero-order valence-electron chi connectivity index (χ0n) is 9.25. The van der Waals surface area contributed by atoms with Crippen LogP contribution in [0.3, 0.4) is 0 Å². The maximum atomic E-state index is 11.5. The average Bonchev–Trinajstić information content (AvgIpc) is 2.12. The van der Waals surface area contributed by atoms with Gasteiger partial charge in [0, 0.05) is 19.6 Å². The fourth-order valence-corrected chi connectivity index (χ4v) is 1.18. The molecule has 0 aliphatic heterocycles. The third-order valence-electron chi connectivity index (χ3n) is 2.12. The van der Waals surface area contributed by atoms with E-state index >= 15 is 0 Å². The van der Waals surface area contributed by atoms with Crippen molar-refractivity contribution in [3.8, 4) is 0 Å². The molecule has 0 bridgehead atoms. The van der Waals surface area contributed by atoms with Crippen LogP contribution in [0.5, 0.6) is 0 Å². The number of nitrogens with one attached hydrogen (secondary N) is 2. The van der Waals surface area contributed by atoms with Gasteiger partial charge < -0.3 is 22.1 Å². The van der Waals surface area contributed by atoms with Crippen molar-refractivity contribution in [3.05, 3.63) is 0 Å². The van der Waals surface area contributed by atoms with E-state index in [2.05, 4.69) is 10.6 Å². The Bertz CT molecular complexity index is 218. The lowest BCUT2D eigenvalue weighted by Gasteiger charge is -2.18. The van der Waals surface area contributed by atoms with Crippen molar-refractivity contribution in [1.29, 1.82) is 0 Å². The van der Waals surface area contributed by atoms with Crippen LogP contribution in [0.4, 0.5) is 4.79 Å². The number of amides is 3. The SMILES string of the molecule is CC(C)C(CN)C(=O)NCCNC(N)=O. The molecule has 88 valence electrons. The van der Waals surface area contributed by atoms with E-state index in [0.717, 1.165) is 0 Å². The molecule has 0 spiro atoms. The van der Waals surface area contributed by atoms with Crippen molar-refractivity contribution in [2.75, 3.05) is 19.6 Å². The van der Waals surface area contributed by atoms with Gasteiger partial charge in [0.2, 0.25) is 5.91 Å². The Hall–Kier alpha value is -1.30. The minimum atomic E-state index is -0.594. The quantitative estimate of drug-likeness (QED) is 0.427. The topological polar surface area (TPSA) is 110 Å². The summed E-state index contributed by atoms with van der Waals surface area (Å²) in [7, 11) is 0. The van der Waals surface area contributed by atoms with Gasteiger partial charge in [-0.2, -0.15) is 0 Å². The zero-order chi connectivity index (χ0) is 11.8. The molecular formula is C9H20N4O2. The van der Waals surface area contributed by atoms with Crippen LogP contribution < -0.4 is 22.1 Å². The molecule has 0 aromatic heterocycles. The molecule has 0 saturated carbocycles. The van der Waals surface area contributed by atoms with E-state index in [0.29, 0.717) is 19.6 Å². The third kappa shape index (κ3) is 5.90. The Morgan fingerprint density at radius 1 is 1.20 bits per heavy atom. The van der Waals surface area contributed by atoms with Crippen LogP contribution in [-0.4, -0.2) is 31.6 Å². The largest absolute Gasteiger partial charge is 0.354 e. The molecule has 15 heavy (non-hydrogen) atoms. The molecule has 6 N–H and O–H groups in total. The molecule has 1 unspecified atom stereocenters. The number of hydrogen-bond donors (Lipinski definition) is 4. The predicted molar refractivity (Wildman–Crippen MR) is 58.0 cm³/mol. The van der Waals surface area contributed by atoms with E-state index in [1.807, 2.05) is 13.8 Å². The van der Waals surface area contributed by atoms with Gasteiger partial charge in [-0.3, -0.25) is 4.79 Å². The van der Waals surface area contributed by atoms with E-state index in [9.17, 15) is 9.59 Å². The molecule has 0 aliphatic rings. The fraction of sp³-hybridized carbons (Fsp3) is 0.778. The Labute approximate surface area is 89.8 Å². The summed E-state index contributed by atoms with van der Waals surface area (Å²) in [5, 5.41) is 5.06. The molecule has 0 aromatic rings. The molecule has 3 amide bonds. The first kappa shape index (κ1) is 13.7. The number of carbonyl (C=O) groups is 2. The molecule has 0 saturated heterocycles. The summed E-state index contributed by atoms with van der Waals surface area (Å²) < 4.78 is 0. The lowest BCUT2D eigenvalue weighted by Crippen LogP contribution is -2.42. The first-order valence-electron chi connectivity index (χ1n) is 5.00. The number of primary amides is 1. The Balaban J connectivity index is 3.77. The summed E-state index contributed by atoms with van der Waals surface area (Å²) >= 11 is 0. The fourth-order valence-electron chi connectivity index (χ4n) is 1.18. The van der Waals surface area contributed by atoms with Gasteiger partial charge in [-0.1, -0.05) is 13.8 Å². The second kappa shape index (κ2) is 7.05. The second-order valence-electron chi connectivity index (χ2n) is 3.67. The van der Waals surface area contributed by atoms with E-state index in [1.165, 1.54) is 0 Å². The minimum absolute atomic E-state index is 0.0845. The normalized spacial score (nSPS) is 12.3. The van der Waals surface area contributed by atoms with Gasteiger partial charge in [-0.25, -0.2) is 4.79 Å². The molecule has 0 rings (SSSR count). The van der Waals surface area contributed by atoms with E-state index < -0.39 is 6.03 Å². The van der Waals surface area contributed by atoms with Crippen LogP contribution in [0.15, 0.2) is 0 Å². The second-order valence-corrected chi connectivity index (χ2v) is 3.67. The van der Waals surface area contributed by atoms with Crippen LogP contribution in [0.1, 0.15) is 13.8 Å². The number of urea groups is 1. The van der Waals surface area contributed by atoms with Gasteiger partial charge in [0.05, 0.1) is 5.92 Å². The van der Waals surface area contributed by atoms with Crippen molar-refractivity contribution in [2.45, 2.75) is 13.8 Å². The van der Waals surface area contributed by atoms with Crippen LogP contribution in [0, 0.1) is 11.8 Å². The van der Waals surface area contributed by atoms with Crippen LogP contribution in [0.2, 0.25) is 0 Å². The van der Waals surface area contributed by atoms with E-state index in [-0.39, 0.29) is 17.7 Å². The van der Waals surface area contributed by atoms with Crippen molar-refractivity contribution in [1.82, 2.24) is 10.6 Å². The Morgan fingerprint density at radius 3 is 2.13 bits per heavy atom. The van der Waals surface area contributed by atoms with Gasteiger partial charge in [-0.05, 0) is 5.92 Å². The molecule has 0 aliphatic carbocycles. The van der Waals surface area contributed by atoms with Crippen molar-refractivity contribution < 1.29 is 9.59 Å². The van der Waals surface area contributed by atoms with Crippen LogP contribution in [0.25, 0.3) is 0 Å². The number of carbonyl (C=O) groups excluding carboxylic acids is 2. The van der Waals surface area contributed by atoms with Crippen molar-refractivity contribution in [2.24, 2.45) is 23.3 Å². The highest BCUT2D eigenvalue weighted by molar-refractivity contribution is 5.79. The highest BCUT2D eigenvalue weighted by atomic mass is 16.2. The molecule has 0 radical (unpaired) electrons. The Morgan fingerprint density at radius 2 is 1.73 bits per heavy atom. The monoisotopic (exact) mass is 216 g/mol. The number of nitrogens with two attached hydrogens (primary N) is 2. The molecular weight excluding hydrogens is 196 g/mol. The van der Waals surface area contributed by atoms with Crippen molar-refractivity contribution >= 4 is 11.9 Å². The van der Waals surface area contributed by atoms with Crippen molar-refractivity contribution in [3.63, 3.8) is 0 Å². The van der Waals surface area contributed by atoms with E-state index in [1.54, 1.807) is 0 Å². The number of rotatable bonds is 6. The smallest absolute Gasteiger partial charge is 0.312 e. The molecule has 6 heteroatoms. The van der Waals surface area contributed by atoms with Crippen LogP contribution in [-0.2, 0) is 4.79 Å². The highest BCUT2D eigenvalue weighted by Gasteiger charge is 2.19. The summed E-state index contributed by atoms with van der Waals surface area (Å²) in [4.78, 5) is 21.8. The van der Waals surface area contributed by atoms with Gasteiger partial charge in [-0.15, -0.1) is 0 Å². The molecule has 6 nitrogen and oxygen atoms in total. The predicted octanol–water partition coefficient (Wildman–Crippen LogP) is -0.998. The first-order chi connectivity index (χ1) is 6.99. The molecule has 0 fully saturated rings. The summed E-state index contributed by atoms with van der Waals surface area (Å²) in [6.07, 6.45) is 0. The summed E-state index contributed by atoms with van der Waals surface area (Å²) in [6, 6.07) is -0.594. The Kier molecular flexibility index (Phi) is 6.44. The van der Waals surface area contributed by atoms with Crippen LogP contribution >= 0.6 is 0 Å². The maximum absolute atomic E-state index is 11.5. The zero-order valence-corrected chi connectivity index (χ0v) is 9.25. The van der Waals surface area contributed by atoms with Gasteiger partial charge in [0.15, 0.2) is 0 Å². The summed E-state index contributed by atoms with van der Waals surface area (Å²) in [5.74, 6) is -0.0588. The standard InChI is InChI=1S/C9H20N4O2/c1-6(2)7(5-10)8(14)12-3-4-13-9(11)15/h6-7H,3-5,10H2,1-2H3,(H,12,14)(H3,11,13,15). The third-order valence-corrected chi connectivity index (χ3v) is 2.12. The first-order valence-corrected chi connectivity index (χ1v) is 5.00. The average molecular weight is 216 g/mol. The molecule has 1 atom stereocenters. The lowest BCUT2D eigenvalue weighted by molar-refractivity contribution is -0.125. The van der Waals surface area contributed by atoms with Gasteiger partial charge >= 0.3 is 6.03 Å². The van der Waals surface area contributed by atoms with Gasteiger partial charge in [0.1, 0.15) is 0 Å². The highest BCUT2D eigenvalue weighted by Crippen LogP contribution is 2.08.